The normalized spacial score (nSPS) is 15.7. The van der Waals surface area contributed by atoms with E-state index in [0.717, 1.165) is 11.8 Å². The minimum atomic E-state index is -0.501. The van der Waals surface area contributed by atoms with E-state index < -0.39 is 11.4 Å². The standard InChI is InChI=1S/C19H19FN2O2/c20-17-11-15(7-8-16(17)14-5-2-1-3-6-14)18(24)22-12-19(21,13-22)9-4-10-23/h1-3,5-8,10-11H,4,9,12-13,21H2. The van der Waals surface area contributed by atoms with Crippen LogP contribution in [0, 0.1) is 5.82 Å². The summed E-state index contributed by atoms with van der Waals surface area (Å²) in [6, 6.07) is 13.7. The van der Waals surface area contributed by atoms with Gasteiger partial charge in [0.2, 0.25) is 0 Å². The Morgan fingerprint density at radius 1 is 1.21 bits per heavy atom. The molecule has 0 unspecified atom stereocenters. The Balaban J connectivity index is 1.71. The summed E-state index contributed by atoms with van der Waals surface area (Å²) in [5, 5.41) is 0. The molecule has 1 saturated heterocycles. The molecule has 0 atom stereocenters. The quantitative estimate of drug-likeness (QED) is 0.859. The van der Waals surface area contributed by atoms with Crippen LogP contribution in [0.5, 0.6) is 0 Å². The third-order valence-corrected chi connectivity index (χ3v) is 4.36. The molecule has 4 nitrogen and oxygen atoms in total. The van der Waals surface area contributed by atoms with Gasteiger partial charge in [-0.25, -0.2) is 4.39 Å². The number of nitrogens with two attached hydrogens (primary N) is 1. The van der Waals surface area contributed by atoms with Gasteiger partial charge in [-0.05, 0) is 24.1 Å². The van der Waals surface area contributed by atoms with Crippen molar-refractivity contribution in [1.29, 1.82) is 0 Å². The van der Waals surface area contributed by atoms with Gasteiger partial charge in [0.05, 0.1) is 5.54 Å². The maximum atomic E-state index is 14.4. The highest BCUT2D eigenvalue weighted by molar-refractivity contribution is 5.95. The minimum absolute atomic E-state index is 0.235. The molecule has 24 heavy (non-hydrogen) atoms. The second kappa shape index (κ2) is 6.53. The fourth-order valence-corrected chi connectivity index (χ4v) is 3.04. The van der Waals surface area contributed by atoms with E-state index in [1.807, 2.05) is 30.3 Å². The van der Waals surface area contributed by atoms with Gasteiger partial charge in [-0.2, -0.15) is 0 Å². The summed E-state index contributed by atoms with van der Waals surface area (Å²) in [7, 11) is 0. The molecule has 0 aromatic heterocycles. The molecule has 1 amide bonds. The SMILES string of the molecule is NC1(CCC=O)CN(C(=O)c2ccc(-c3ccccc3)c(F)c2)C1. The number of rotatable bonds is 5. The number of hydrogen-bond acceptors (Lipinski definition) is 3. The molecule has 5 heteroatoms. The first-order valence-corrected chi connectivity index (χ1v) is 7.89. The van der Waals surface area contributed by atoms with Gasteiger partial charge < -0.3 is 15.4 Å². The van der Waals surface area contributed by atoms with Gasteiger partial charge in [0.1, 0.15) is 12.1 Å². The van der Waals surface area contributed by atoms with Crippen LogP contribution in [0.4, 0.5) is 4.39 Å². The highest BCUT2D eigenvalue weighted by atomic mass is 19.1. The first kappa shape index (κ1) is 16.3. The molecule has 2 aromatic rings. The number of hydrogen-bond donors (Lipinski definition) is 1. The van der Waals surface area contributed by atoms with Gasteiger partial charge >= 0.3 is 0 Å². The number of halogens is 1. The number of benzene rings is 2. The lowest BCUT2D eigenvalue weighted by atomic mass is 9.86. The third-order valence-electron chi connectivity index (χ3n) is 4.36. The molecule has 3 rings (SSSR count). The zero-order valence-electron chi connectivity index (χ0n) is 13.2. The van der Waals surface area contributed by atoms with Crippen molar-refractivity contribution in [2.75, 3.05) is 13.1 Å². The Bertz CT molecular complexity index is 755. The number of likely N-dealkylation sites (tertiary alicyclic amines) is 1. The number of nitrogens with zero attached hydrogens (tertiary/aromatic N) is 1. The van der Waals surface area contributed by atoms with Crippen molar-refractivity contribution in [2.45, 2.75) is 18.4 Å². The topological polar surface area (TPSA) is 63.4 Å². The van der Waals surface area contributed by atoms with Crippen molar-refractivity contribution in [3.8, 4) is 11.1 Å². The third kappa shape index (κ3) is 3.21. The van der Waals surface area contributed by atoms with Crippen molar-refractivity contribution < 1.29 is 14.0 Å². The highest BCUT2D eigenvalue weighted by Gasteiger charge is 2.41. The largest absolute Gasteiger partial charge is 0.335 e. The molecular weight excluding hydrogens is 307 g/mol. The maximum Gasteiger partial charge on any atom is 0.254 e. The van der Waals surface area contributed by atoms with Gasteiger partial charge in [0.15, 0.2) is 0 Å². The minimum Gasteiger partial charge on any atom is -0.335 e. The molecule has 1 aliphatic rings. The first-order valence-electron chi connectivity index (χ1n) is 7.89. The van der Waals surface area contributed by atoms with Crippen LogP contribution in [0.3, 0.4) is 0 Å². The Labute approximate surface area is 140 Å². The van der Waals surface area contributed by atoms with Crippen LogP contribution in [0.2, 0.25) is 0 Å². The van der Waals surface area contributed by atoms with Crippen LogP contribution in [0.1, 0.15) is 23.2 Å². The molecular formula is C19H19FN2O2. The van der Waals surface area contributed by atoms with Crippen molar-refractivity contribution in [3.63, 3.8) is 0 Å². The fourth-order valence-electron chi connectivity index (χ4n) is 3.04. The van der Waals surface area contributed by atoms with Crippen LogP contribution in [-0.4, -0.2) is 35.7 Å². The summed E-state index contributed by atoms with van der Waals surface area (Å²) in [5.74, 6) is -0.659. The van der Waals surface area contributed by atoms with E-state index in [1.54, 1.807) is 17.0 Å². The maximum absolute atomic E-state index is 14.4. The van der Waals surface area contributed by atoms with Gasteiger partial charge in [-0.1, -0.05) is 36.4 Å². The van der Waals surface area contributed by atoms with E-state index in [9.17, 15) is 14.0 Å². The summed E-state index contributed by atoms with van der Waals surface area (Å²) < 4.78 is 14.4. The van der Waals surface area contributed by atoms with Crippen LogP contribution in [-0.2, 0) is 4.79 Å². The molecule has 0 bridgehead atoms. The molecule has 124 valence electrons. The van der Waals surface area contributed by atoms with Crippen molar-refractivity contribution in [2.24, 2.45) is 5.73 Å². The number of carbonyl (C=O) groups is 2. The first-order chi connectivity index (χ1) is 11.5. The molecule has 0 aliphatic carbocycles. The van der Waals surface area contributed by atoms with E-state index in [0.29, 0.717) is 37.1 Å². The lowest BCUT2D eigenvalue weighted by Gasteiger charge is -2.47. The summed E-state index contributed by atoms with van der Waals surface area (Å²) in [6.45, 7) is 0.781. The molecule has 0 saturated carbocycles. The van der Waals surface area contributed by atoms with Crippen LogP contribution in [0.25, 0.3) is 11.1 Å². The molecule has 0 spiro atoms. The molecule has 2 N–H and O–H groups in total. The highest BCUT2D eigenvalue weighted by Crippen LogP contribution is 2.27. The number of carbonyl (C=O) groups excluding carboxylic acids is 2. The second-order valence-electron chi connectivity index (χ2n) is 6.29. The predicted octanol–water partition coefficient (Wildman–Crippen LogP) is 2.63. The average Bonchev–Trinajstić information content (AvgIpc) is 2.57. The zero-order valence-corrected chi connectivity index (χ0v) is 13.2. The Kier molecular flexibility index (Phi) is 4.44. The lowest BCUT2D eigenvalue weighted by Crippen LogP contribution is -2.68. The Morgan fingerprint density at radius 2 is 1.92 bits per heavy atom. The fraction of sp³-hybridized carbons (Fsp3) is 0.263. The summed E-state index contributed by atoms with van der Waals surface area (Å²) in [4.78, 5) is 24.4. The van der Waals surface area contributed by atoms with Gasteiger partial charge in [0, 0.05) is 30.6 Å². The van der Waals surface area contributed by atoms with E-state index in [1.165, 1.54) is 6.07 Å². The number of aldehydes is 1. The molecule has 1 aliphatic heterocycles. The molecule has 1 fully saturated rings. The van der Waals surface area contributed by atoms with E-state index in [-0.39, 0.29) is 5.91 Å². The second-order valence-corrected chi connectivity index (χ2v) is 6.29. The molecule has 1 heterocycles. The van der Waals surface area contributed by atoms with Gasteiger partial charge in [0.25, 0.3) is 5.91 Å². The van der Waals surface area contributed by atoms with E-state index in [4.69, 9.17) is 5.73 Å². The summed E-state index contributed by atoms with van der Waals surface area (Å²) in [5.41, 5.74) is 7.15. The van der Waals surface area contributed by atoms with Gasteiger partial charge in [-0.3, -0.25) is 4.79 Å². The monoisotopic (exact) mass is 326 g/mol. The molecule has 0 radical (unpaired) electrons. The number of amides is 1. The summed E-state index contributed by atoms with van der Waals surface area (Å²) >= 11 is 0. The van der Waals surface area contributed by atoms with E-state index in [2.05, 4.69) is 0 Å². The zero-order chi connectivity index (χ0) is 17.2. The van der Waals surface area contributed by atoms with Crippen LogP contribution < -0.4 is 5.73 Å². The van der Waals surface area contributed by atoms with Crippen LogP contribution in [0.15, 0.2) is 48.5 Å². The summed E-state index contributed by atoms with van der Waals surface area (Å²) in [6.07, 6.45) is 1.78. The van der Waals surface area contributed by atoms with E-state index >= 15 is 0 Å². The predicted molar refractivity (Wildman–Crippen MR) is 90.0 cm³/mol. The molecule has 2 aromatic carbocycles. The van der Waals surface area contributed by atoms with Crippen molar-refractivity contribution in [1.82, 2.24) is 4.90 Å². The smallest absolute Gasteiger partial charge is 0.254 e. The Hall–Kier alpha value is -2.53. The Morgan fingerprint density at radius 3 is 2.54 bits per heavy atom. The van der Waals surface area contributed by atoms with Crippen molar-refractivity contribution in [3.05, 3.63) is 59.9 Å². The average molecular weight is 326 g/mol. The van der Waals surface area contributed by atoms with Gasteiger partial charge in [-0.15, -0.1) is 0 Å². The van der Waals surface area contributed by atoms with Crippen LogP contribution >= 0.6 is 0 Å². The lowest BCUT2D eigenvalue weighted by molar-refractivity contribution is -0.108. The van der Waals surface area contributed by atoms with Crippen molar-refractivity contribution >= 4 is 12.2 Å².